The average molecular weight is 374 g/mol. The maximum Gasteiger partial charge on any atom is 0.173 e. The number of fused-ring (bicyclic) bond motifs is 1. The van der Waals surface area contributed by atoms with Crippen molar-refractivity contribution in [1.29, 1.82) is 0 Å². The molecule has 110 valence electrons. The van der Waals surface area contributed by atoms with Crippen LogP contribution >= 0.6 is 27.5 Å². The van der Waals surface area contributed by atoms with Crippen LogP contribution in [0.15, 0.2) is 16.6 Å². The van der Waals surface area contributed by atoms with Crippen molar-refractivity contribution in [2.75, 3.05) is 0 Å². The number of aromatic nitrogens is 2. The summed E-state index contributed by atoms with van der Waals surface area (Å²) in [5.41, 5.74) is 2.30. The van der Waals surface area contributed by atoms with E-state index in [2.05, 4.69) is 25.9 Å². The molecule has 6 heteroatoms. The van der Waals surface area contributed by atoms with E-state index in [1.165, 1.54) is 6.07 Å². The fourth-order valence-corrected chi connectivity index (χ4v) is 3.33. The van der Waals surface area contributed by atoms with E-state index in [4.69, 9.17) is 11.6 Å². The number of hydrogen-bond donors (Lipinski definition) is 0. The first-order valence-electron chi connectivity index (χ1n) is 6.77. The van der Waals surface area contributed by atoms with E-state index in [0.29, 0.717) is 16.5 Å². The SMILES string of the molecule is Fc1ccc(-c2nc(Cl)c3c(n2)CCCCC3)c(Br)c1F. The standard InChI is InChI=1S/C15H12BrClF2N2/c16-12-9(6-7-10(18)13(12)19)15-20-11-5-3-1-2-4-8(11)14(17)21-15/h6-7H,1-5H2. The van der Waals surface area contributed by atoms with Gasteiger partial charge in [-0.15, -0.1) is 0 Å². The molecular formula is C15H12BrClF2N2. The Morgan fingerprint density at radius 1 is 1.05 bits per heavy atom. The molecule has 0 spiro atoms. The van der Waals surface area contributed by atoms with Crippen LogP contribution in [0, 0.1) is 11.6 Å². The van der Waals surface area contributed by atoms with E-state index in [0.717, 1.165) is 49.4 Å². The lowest BCUT2D eigenvalue weighted by Gasteiger charge is -2.11. The van der Waals surface area contributed by atoms with Crippen molar-refractivity contribution < 1.29 is 8.78 Å². The Balaban J connectivity index is 2.14. The Bertz CT molecular complexity index is 707. The molecule has 0 unspecified atom stereocenters. The summed E-state index contributed by atoms with van der Waals surface area (Å²) in [6.45, 7) is 0. The number of benzene rings is 1. The third-order valence-electron chi connectivity index (χ3n) is 3.66. The number of rotatable bonds is 1. The summed E-state index contributed by atoms with van der Waals surface area (Å²) >= 11 is 9.32. The Labute approximate surface area is 134 Å². The summed E-state index contributed by atoms with van der Waals surface area (Å²) < 4.78 is 26.9. The van der Waals surface area contributed by atoms with Crippen LogP contribution in [0.25, 0.3) is 11.4 Å². The molecule has 0 saturated carbocycles. The summed E-state index contributed by atoms with van der Waals surface area (Å²) in [5.74, 6) is -1.53. The molecule has 0 bridgehead atoms. The molecule has 0 aliphatic heterocycles. The van der Waals surface area contributed by atoms with Gasteiger partial charge in [-0.2, -0.15) is 0 Å². The minimum atomic E-state index is -0.942. The molecule has 0 N–H and O–H groups in total. The van der Waals surface area contributed by atoms with Gasteiger partial charge >= 0.3 is 0 Å². The van der Waals surface area contributed by atoms with Crippen LogP contribution in [-0.2, 0) is 12.8 Å². The Morgan fingerprint density at radius 2 is 1.81 bits per heavy atom. The van der Waals surface area contributed by atoms with Gasteiger partial charge in [0.2, 0.25) is 0 Å². The first-order chi connectivity index (χ1) is 10.1. The smallest absolute Gasteiger partial charge is 0.173 e. The highest BCUT2D eigenvalue weighted by molar-refractivity contribution is 9.10. The van der Waals surface area contributed by atoms with Crippen LogP contribution in [0.3, 0.4) is 0 Å². The molecule has 1 aromatic heterocycles. The summed E-state index contributed by atoms with van der Waals surface area (Å²) in [6.07, 6.45) is 4.97. The van der Waals surface area contributed by atoms with Crippen molar-refractivity contribution in [1.82, 2.24) is 9.97 Å². The van der Waals surface area contributed by atoms with Crippen molar-refractivity contribution in [3.05, 3.63) is 44.7 Å². The van der Waals surface area contributed by atoms with Crippen LogP contribution in [-0.4, -0.2) is 9.97 Å². The largest absolute Gasteiger partial charge is 0.233 e. The maximum atomic E-state index is 13.7. The molecule has 0 atom stereocenters. The highest BCUT2D eigenvalue weighted by atomic mass is 79.9. The first kappa shape index (κ1) is 14.9. The molecule has 1 aromatic carbocycles. The molecule has 2 aromatic rings. The van der Waals surface area contributed by atoms with Gasteiger partial charge in [0.15, 0.2) is 17.5 Å². The molecule has 0 amide bonds. The van der Waals surface area contributed by atoms with Gasteiger partial charge in [0, 0.05) is 16.8 Å². The third kappa shape index (κ3) is 2.81. The molecule has 0 radical (unpaired) electrons. The Morgan fingerprint density at radius 3 is 2.62 bits per heavy atom. The summed E-state index contributed by atoms with van der Waals surface area (Å²) in [4.78, 5) is 8.79. The Kier molecular flexibility index (Phi) is 4.22. The minimum Gasteiger partial charge on any atom is -0.233 e. The fourth-order valence-electron chi connectivity index (χ4n) is 2.54. The van der Waals surface area contributed by atoms with Crippen LogP contribution in [0.4, 0.5) is 8.78 Å². The van der Waals surface area contributed by atoms with Crippen molar-refractivity contribution in [3.8, 4) is 11.4 Å². The van der Waals surface area contributed by atoms with Gasteiger partial charge in [0.05, 0.1) is 4.47 Å². The van der Waals surface area contributed by atoms with E-state index in [1.54, 1.807) is 0 Å². The maximum absolute atomic E-state index is 13.7. The van der Waals surface area contributed by atoms with Crippen LogP contribution in [0.5, 0.6) is 0 Å². The highest BCUT2D eigenvalue weighted by Crippen LogP contribution is 2.33. The van der Waals surface area contributed by atoms with Crippen molar-refractivity contribution in [2.24, 2.45) is 0 Å². The molecule has 1 aliphatic rings. The summed E-state index contributed by atoms with van der Waals surface area (Å²) in [6, 6.07) is 2.52. The van der Waals surface area contributed by atoms with E-state index in [-0.39, 0.29) is 4.47 Å². The lowest BCUT2D eigenvalue weighted by Crippen LogP contribution is -2.03. The highest BCUT2D eigenvalue weighted by Gasteiger charge is 2.19. The van der Waals surface area contributed by atoms with Gasteiger partial charge in [-0.25, -0.2) is 18.7 Å². The van der Waals surface area contributed by atoms with Gasteiger partial charge in [0.1, 0.15) is 5.15 Å². The van der Waals surface area contributed by atoms with Gasteiger partial charge in [-0.05, 0) is 53.7 Å². The lowest BCUT2D eigenvalue weighted by molar-refractivity contribution is 0.504. The monoisotopic (exact) mass is 372 g/mol. The van der Waals surface area contributed by atoms with E-state index in [9.17, 15) is 8.78 Å². The Hall–Kier alpha value is -1.07. The van der Waals surface area contributed by atoms with Crippen molar-refractivity contribution in [2.45, 2.75) is 32.1 Å². The molecule has 2 nitrogen and oxygen atoms in total. The molecule has 3 rings (SSSR count). The van der Waals surface area contributed by atoms with Crippen LogP contribution in [0.1, 0.15) is 30.5 Å². The van der Waals surface area contributed by atoms with Crippen molar-refractivity contribution >= 4 is 27.5 Å². The zero-order valence-electron chi connectivity index (χ0n) is 11.1. The number of halogens is 4. The predicted octanol–water partition coefficient (Wildman–Crippen LogP) is 5.11. The zero-order chi connectivity index (χ0) is 15.0. The normalized spacial score (nSPS) is 14.7. The van der Waals surface area contributed by atoms with Gasteiger partial charge in [-0.1, -0.05) is 18.0 Å². The molecule has 21 heavy (non-hydrogen) atoms. The second-order valence-corrected chi connectivity index (χ2v) is 6.20. The molecule has 1 heterocycles. The second kappa shape index (κ2) is 5.97. The molecule has 0 saturated heterocycles. The first-order valence-corrected chi connectivity index (χ1v) is 7.94. The quantitative estimate of drug-likeness (QED) is 0.394. The molecular weight excluding hydrogens is 362 g/mol. The van der Waals surface area contributed by atoms with Crippen molar-refractivity contribution in [3.63, 3.8) is 0 Å². The number of aryl methyl sites for hydroxylation is 1. The second-order valence-electron chi connectivity index (χ2n) is 5.05. The van der Waals surface area contributed by atoms with E-state index >= 15 is 0 Å². The number of nitrogens with zero attached hydrogens (tertiary/aromatic N) is 2. The minimum absolute atomic E-state index is 0.0205. The van der Waals surface area contributed by atoms with E-state index in [1.807, 2.05) is 0 Å². The van der Waals surface area contributed by atoms with Crippen LogP contribution < -0.4 is 0 Å². The fraction of sp³-hybridized carbons (Fsp3) is 0.333. The van der Waals surface area contributed by atoms with Gasteiger partial charge in [-0.3, -0.25) is 0 Å². The molecule has 0 fully saturated rings. The van der Waals surface area contributed by atoms with Crippen LogP contribution in [0.2, 0.25) is 5.15 Å². The van der Waals surface area contributed by atoms with E-state index < -0.39 is 11.6 Å². The third-order valence-corrected chi connectivity index (χ3v) is 4.75. The average Bonchev–Trinajstić information content (AvgIpc) is 2.70. The summed E-state index contributed by atoms with van der Waals surface area (Å²) in [7, 11) is 0. The van der Waals surface area contributed by atoms with Gasteiger partial charge in [0.25, 0.3) is 0 Å². The zero-order valence-corrected chi connectivity index (χ0v) is 13.4. The molecule has 1 aliphatic carbocycles. The topological polar surface area (TPSA) is 25.8 Å². The predicted molar refractivity (Wildman–Crippen MR) is 81.4 cm³/mol. The van der Waals surface area contributed by atoms with Gasteiger partial charge < -0.3 is 0 Å². The summed E-state index contributed by atoms with van der Waals surface area (Å²) in [5, 5.41) is 0.411. The lowest BCUT2D eigenvalue weighted by atomic mass is 10.1. The number of hydrogen-bond acceptors (Lipinski definition) is 2.